The first-order valence-electron chi connectivity index (χ1n) is 10.6. The van der Waals surface area contributed by atoms with Gasteiger partial charge in [0.2, 0.25) is 5.88 Å². The molecule has 4 rings (SSSR count). The number of piperidine rings is 1. The molecular formula is C23H30N4O2. The van der Waals surface area contributed by atoms with Crippen molar-refractivity contribution in [3.05, 3.63) is 59.8 Å². The number of hydrogen-bond acceptors (Lipinski definition) is 4. The molecule has 1 saturated carbocycles. The molecule has 0 unspecified atom stereocenters. The number of rotatable bonds is 8. The number of nitrogens with zero attached hydrogens (tertiary/aromatic N) is 2. The van der Waals surface area contributed by atoms with Crippen LogP contribution in [0.4, 0.5) is 4.79 Å². The van der Waals surface area contributed by atoms with Crippen LogP contribution in [0.25, 0.3) is 0 Å². The van der Waals surface area contributed by atoms with Crippen molar-refractivity contribution in [3.8, 4) is 5.88 Å². The molecule has 2 N–H and O–H groups in total. The van der Waals surface area contributed by atoms with Crippen LogP contribution in [-0.4, -0.2) is 41.7 Å². The van der Waals surface area contributed by atoms with E-state index < -0.39 is 0 Å². The van der Waals surface area contributed by atoms with Gasteiger partial charge in [-0.05, 0) is 42.7 Å². The van der Waals surface area contributed by atoms with Crippen LogP contribution in [-0.2, 0) is 13.1 Å². The maximum absolute atomic E-state index is 12.2. The molecule has 2 aromatic rings. The number of aromatic nitrogens is 1. The minimum atomic E-state index is -0.111. The van der Waals surface area contributed by atoms with E-state index in [9.17, 15) is 4.79 Å². The number of likely N-dealkylation sites (tertiary alicyclic amines) is 1. The SMILES string of the molecule is O=C(NCc1ccc(OCC2CC2)nc1)NC1CCN(Cc2ccccc2)CC1. The summed E-state index contributed by atoms with van der Waals surface area (Å²) in [5.74, 6) is 1.37. The van der Waals surface area contributed by atoms with E-state index in [4.69, 9.17) is 4.74 Å². The van der Waals surface area contributed by atoms with Crippen LogP contribution in [0.5, 0.6) is 5.88 Å². The first-order valence-corrected chi connectivity index (χ1v) is 10.6. The molecule has 2 amide bonds. The highest BCUT2D eigenvalue weighted by atomic mass is 16.5. The number of carbonyl (C=O) groups excluding carboxylic acids is 1. The van der Waals surface area contributed by atoms with Gasteiger partial charge in [-0.2, -0.15) is 0 Å². The summed E-state index contributed by atoms with van der Waals surface area (Å²) < 4.78 is 5.64. The second-order valence-corrected chi connectivity index (χ2v) is 8.12. The van der Waals surface area contributed by atoms with Gasteiger partial charge in [0.25, 0.3) is 0 Å². The fourth-order valence-electron chi connectivity index (χ4n) is 3.58. The Bertz CT molecular complexity index is 769. The summed E-state index contributed by atoms with van der Waals surface area (Å²) in [5.41, 5.74) is 2.31. The maximum Gasteiger partial charge on any atom is 0.315 e. The van der Waals surface area contributed by atoms with Crippen molar-refractivity contribution in [3.63, 3.8) is 0 Å². The van der Waals surface area contributed by atoms with E-state index in [2.05, 4.69) is 44.8 Å². The minimum Gasteiger partial charge on any atom is -0.477 e. The smallest absolute Gasteiger partial charge is 0.315 e. The summed E-state index contributed by atoms with van der Waals surface area (Å²) in [5, 5.41) is 6.04. The average molecular weight is 395 g/mol. The zero-order valence-corrected chi connectivity index (χ0v) is 16.8. The Balaban J connectivity index is 1.13. The lowest BCUT2D eigenvalue weighted by molar-refractivity contribution is 0.186. The first kappa shape index (κ1) is 19.7. The molecule has 6 nitrogen and oxygen atoms in total. The molecule has 1 aliphatic heterocycles. The quantitative estimate of drug-likeness (QED) is 0.721. The summed E-state index contributed by atoms with van der Waals surface area (Å²) in [7, 11) is 0. The summed E-state index contributed by atoms with van der Waals surface area (Å²) >= 11 is 0. The van der Waals surface area contributed by atoms with Crippen LogP contribution in [0, 0.1) is 5.92 Å². The van der Waals surface area contributed by atoms with Gasteiger partial charge in [-0.25, -0.2) is 9.78 Å². The number of ether oxygens (including phenoxy) is 1. The number of carbonyl (C=O) groups is 1. The largest absolute Gasteiger partial charge is 0.477 e. The van der Waals surface area contributed by atoms with Crippen molar-refractivity contribution in [1.29, 1.82) is 0 Å². The predicted molar refractivity (Wildman–Crippen MR) is 113 cm³/mol. The van der Waals surface area contributed by atoms with Gasteiger partial charge in [-0.3, -0.25) is 4.90 Å². The molecule has 1 aliphatic carbocycles. The van der Waals surface area contributed by atoms with Crippen LogP contribution >= 0.6 is 0 Å². The van der Waals surface area contributed by atoms with Gasteiger partial charge in [0.05, 0.1) is 6.61 Å². The van der Waals surface area contributed by atoms with E-state index in [1.54, 1.807) is 6.20 Å². The Morgan fingerprint density at radius 1 is 1.03 bits per heavy atom. The number of urea groups is 1. The third-order valence-electron chi connectivity index (χ3n) is 5.59. The zero-order valence-electron chi connectivity index (χ0n) is 16.8. The molecule has 2 heterocycles. The Morgan fingerprint density at radius 3 is 2.52 bits per heavy atom. The zero-order chi connectivity index (χ0) is 19.9. The molecule has 0 bridgehead atoms. The third kappa shape index (κ3) is 6.46. The molecule has 29 heavy (non-hydrogen) atoms. The van der Waals surface area contributed by atoms with E-state index in [-0.39, 0.29) is 12.1 Å². The Hall–Kier alpha value is -2.60. The fraction of sp³-hybridized carbons (Fsp3) is 0.478. The highest BCUT2D eigenvalue weighted by Crippen LogP contribution is 2.29. The predicted octanol–water partition coefficient (Wildman–Crippen LogP) is 3.33. The maximum atomic E-state index is 12.2. The Morgan fingerprint density at radius 2 is 1.83 bits per heavy atom. The third-order valence-corrected chi connectivity index (χ3v) is 5.59. The lowest BCUT2D eigenvalue weighted by Crippen LogP contribution is -2.47. The van der Waals surface area contributed by atoms with E-state index in [1.165, 1.54) is 18.4 Å². The number of benzene rings is 1. The van der Waals surface area contributed by atoms with E-state index >= 15 is 0 Å². The van der Waals surface area contributed by atoms with Crippen LogP contribution in [0.1, 0.15) is 36.8 Å². The van der Waals surface area contributed by atoms with Crippen LogP contribution in [0.15, 0.2) is 48.7 Å². The van der Waals surface area contributed by atoms with Crippen molar-refractivity contribution in [1.82, 2.24) is 20.5 Å². The molecule has 6 heteroatoms. The fourth-order valence-corrected chi connectivity index (χ4v) is 3.58. The topological polar surface area (TPSA) is 66.5 Å². The standard InChI is InChI=1S/C23H30N4O2/c28-23(25-15-20-8-9-22(24-14-20)29-17-19-6-7-19)26-21-10-12-27(13-11-21)16-18-4-2-1-3-5-18/h1-5,8-9,14,19,21H,6-7,10-13,15-17H2,(H2,25,26,28). The number of pyridine rings is 1. The second-order valence-electron chi connectivity index (χ2n) is 8.12. The van der Waals surface area contributed by atoms with Crippen LogP contribution in [0.3, 0.4) is 0 Å². The molecule has 0 spiro atoms. The first-order chi connectivity index (χ1) is 14.2. The molecule has 1 saturated heterocycles. The van der Waals surface area contributed by atoms with Gasteiger partial charge in [0.1, 0.15) is 0 Å². The number of nitrogens with one attached hydrogen (secondary N) is 2. The van der Waals surface area contributed by atoms with Crippen LogP contribution in [0.2, 0.25) is 0 Å². The molecular weight excluding hydrogens is 364 g/mol. The molecule has 1 aromatic carbocycles. The Kier molecular flexibility index (Phi) is 6.62. The van der Waals surface area contributed by atoms with Crippen LogP contribution < -0.4 is 15.4 Å². The van der Waals surface area contributed by atoms with E-state index in [0.717, 1.165) is 44.6 Å². The monoisotopic (exact) mass is 394 g/mol. The minimum absolute atomic E-state index is 0.111. The highest BCUT2D eigenvalue weighted by molar-refractivity contribution is 5.74. The molecule has 0 radical (unpaired) electrons. The molecule has 2 fully saturated rings. The second kappa shape index (κ2) is 9.74. The van der Waals surface area contributed by atoms with Crippen molar-refractivity contribution < 1.29 is 9.53 Å². The van der Waals surface area contributed by atoms with Gasteiger partial charge in [0, 0.05) is 44.5 Å². The molecule has 154 valence electrons. The van der Waals surface area contributed by atoms with Crippen molar-refractivity contribution in [2.45, 2.75) is 44.8 Å². The summed E-state index contributed by atoms with van der Waals surface area (Å²) in [6.07, 6.45) is 6.26. The number of hydrogen-bond donors (Lipinski definition) is 2. The lowest BCUT2D eigenvalue weighted by Gasteiger charge is -2.32. The van der Waals surface area contributed by atoms with Gasteiger partial charge in [0.15, 0.2) is 0 Å². The van der Waals surface area contributed by atoms with Crippen molar-refractivity contribution in [2.24, 2.45) is 5.92 Å². The van der Waals surface area contributed by atoms with E-state index in [1.807, 2.05) is 18.2 Å². The summed E-state index contributed by atoms with van der Waals surface area (Å²) in [6.45, 7) is 4.22. The van der Waals surface area contributed by atoms with Crippen molar-refractivity contribution in [2.75, 3.05) is 19.7 Å². The molecule has 2 aliphatic rings. The average Bonchev–Trinajstić information content (AvgIpc) is 3.58. The highest BCUT2D eigenvalue weighted by Gasteiger charge is 2.22. The number of amides is 2. The van der Waals surface area contributed by atoms with Gasteiger partial charge >= 0.3 is 6.03 Å². The normalized spacial score (nSPS) is 17.7. The van der Waals surface area contributed by atoms with E-state index in [0.29, 0.717) is 18.3 Å². The summed E-state index contributed by atoms with van der Waals surface area (Å²) in [6, 6.07) is 14.5. The van der Waals surface area contributed by atoms with Crippen molar-refractivity contribution >= 4 is 6.03 Å². The lowest BCUT2D eigenvalue weighted by atomic mass is 10.0. The molecule has 0 atom stereocenters. The Labute approximate surface area is 172 Å². The van der Waals surface area contributed by atoms with Gasteiger partial charge in [-0.15, -0.1) is 0 Å². The van der Waals surface area contributed by atoms with Gasteiger partial charge < -0.3 is 15.4 Å². The summed E-state index contributed by atoms with van der Waals surface area (Å²) in [4.78, 5) is 19.0. The van der Waals surface area contributed by atoms with Gasteiger partial charge in [-0.1, -0.05) is 36.4 Å². The molecule has 1 aromatic heterocycles.